The lowest BCUT2D eigenvalue weighted by atomic mass is 9.80. The predicted octanol–water partition coefficient (Wildman–Crippen LogP) is 4.22. The minimum Gasteiger partial charge on any atom is -0.309 e. The zero-order valence-corrected chi connectivity index (χ0v) is 14.5. The quantitative estimate of drug-likeness (QED) is 0.864. The summed E-state index contributed by atoms with van der Waals surface area (Å²) in [5.41, 5.74) is 1.84. The van der Waals surface area contributed by atoms with E-state index in [-0.39, 0.29) is 0 Å². The van der Waals surface area contributed by atoms with Gasteiger partial charge in [-0.15, -0.1) is 0 Å². The van der Waals surface area contributed by atoms with Crippen LogP contribution in [0.1, 0.15) is 44.7 Å². The van der Waals surface area contributed by atoms with E-state index in [1.54, 1.807) is 0 Å². The van der Waals surface area contributed by atoms with Crippen LogP contribution in [0.15, 0.2) is 28.7 Å². The van der Waals surface area contributed by atoms with Crippen molar-refractivity contribution in [2.24, 2.45) is 5.41 Å². The van der Waals surface area contributed by atoms with Crippen molar-refractivity contribution in [1.29, 1.82) is 0 Å². The van der Waals surface area contributed by atoms with E-state index in [9.17, 15) is 0 Å². The summed E-state index contributed by atoms with van der Waals surface area (Å²) in [6, 6.07) is 9.14. The second-order valence-electron chi connectivity index (χ2n) is 6.51. The number of likely N-dealkylation sites (tertiary alicyclic amines) is 1. The van der Waals surface area contributed by atoms with Gasteiger partial charge >= 0.3 is 0 Å². The highest BCUT2D eigenvalue weighted by molar-refractivity contribution is 9.10. The largest absolute Gasteiger partial charge is 0.309 e. The van der Waals surface area contributed by atoms with Crippen molar-refractivity contribution in [3.8, 4) is 0 Å². The summed E-state index contributed by atoms with van der Waals surface area (Å²) in [7, 11) is 2.23. The molecule has 1 N–H and O–H groups in total. The van der Waals surface area contributed by atoms with Gasteiger partial charge in [-0.25, -0.2) is 0 Å². The zero-order valence-electron chi connectivity index (χ0n) is 13.0. The maximum atomic E-state index is 3.80. The second-order valence-corrected chi connectivity index (χ2v) is 7.43. The maximum Gasteiger partial charge on any atom is 0.0318 e. The molecule has 1 aromatic carbocycles. The first-order valence-electron chi connectivity index (χ1n) is 7.70. The molecule has 1 fully saturated rings. The van der Waals surface area contributed by atoms with E-state index in [1.165, 1.54) is 36.0 Å². The molecule has 0 amide bonds. The minimum atomic E-state index is 0.450. The van der Waals surface area contributed by atoms with Crippen molar-refractivity contribution in [2.45, 2.75) is 39.2 Å². The Labute approximate surface area is 132 Å². The number of hydrogen-bond donors (Lipinski definition) is 1. The lowest BCUT2D eigenvalue weighted by molar-refractivity contribution is 0.133. The highest BCUT2D eigenvalue weighted by Crippen LogP contribution is 2.31. The smallest absolute Gasteiger partial charge is 0.0318 e. The van der Waals surface area contributed by atoms with Crippen molar-refractivity contribution < 1.29 is 0 Å². The summed E-state index contributed by atoms with van der Waals surface area (Å²) in [6.45, 7) is 8.26. The fourth-order valence-electron chi connectivity index (χ4n) is 2.93. The number of rotatable bonds is 5. The Balaban J connectivity index is 1.94. The third-order valence-electron chi connectivity index (χ3n) is 4.63. The van der Waals surface area contributed by atoms with Crippen molar-refractivity contribution >= 4 is 15.9 Å². The fourth-order valence-corrected chi connectivity index (χ4v) is 3.34. The molecule has 0 spiro atoms. The van der Waals surface area contributed by atoms with Crippen LogP contribution in [0.4, 0.5) is 0 Å². The molecular formula is C17H27BrN2. The normalized spacial score (nSPS) is 20.8. The lowest BCUT2D eigenvalue weighted by Gasteiger charge is -2.39. The fraction of sp³-hybridized carbons (Fsp3) is 0.647. The van der Waals surface area contributed by atoms with Crippen molar-refractivity contribution in [3.05, 3.63) is 34.3 Å². The zero-order chi connectivity index (χ0) is 14.6. The van der Waals surface area contributed by atoms with E-state index in [0.717, 1.165) is 13.0 Å². The number of nitrogens with zero attached hydrogens (tertiary/aromatic N) is 1. The maximum absolute atomic E-state index is 3.80. The van der Waals surface area contributed by atoms with Crippen LogP contribution in [0.3, 0.4) is 0 Å². The third-order valence-corrected chi connectivity index (χ3v) is 5.12. The molecule has 20 heavy (non-hydrogen) atoms. The first kappa shape index (κ1) is 16.0. The Morgan fingerprint density at radius 1 is 1.35 bits per heavy atom. The van der Waals surface area contributed by atoms with Gasteiger partial charge < -0.3 is 10.2 Å². The molecule has 1 aliphatic rings. The minimum absolute atomic E-state index is 0.450. The van der Waals surface area contributed by atoms with E-state index in [4.69, 9.17) is 0 Å². The number of hydrogen-bond acceptors (Lipinski definition) is 2. The van der Waals surface area contributed by atoms with E-state index < -0.39 is 0 Å². The second kappa shape index (κ2) is 7.06. The summed E-state index contributed by atoms with van der Waals surface area (Å²) < 4.78 is 1.17. The molecule has 1 saturated heterocycles. The Bertz CT molecular complexity index is 425. The van der Waals surface area contributed by atoms with E-state index in [1.807, 2.05) is 0 Å². The van der Waals surface area contributed by atoms with Gasteiger partial charge in [-0.05, 0) is 62.5 Å². The van der Waals surface area contributed by atoms with Crippen LogP contribution in [0.25, 0.3) is 0 Å². The molecule has 112 valence electrons. The van der Waals surface area contributed by atoms with Crippen LogP contribution in [0.2, 0.25) is 0 Å². The topological polar surface area (TPSA) is 15.3 Å². The summed E-state index contributed by atoms with van der Waals surface area (Å²) in [5.74, 6) is 0. The van der Waals surface area contributed by atoms with Crippen molar-refractivity contribution in [2.75, 3.05) is 26.7 Å². The molecule has 2 rings (SSSR count). The standard InChI is InChI=1S/C17H27BrN2/c1-4-16(14-6-5-7-15(18)12-14)19-13-17(2)8-10-20(3)11-9-17/h5-7,12,16,19H,4,8-11,13H2,1-3H3. The van der Waals surface area contributed by atoms with Crippen LogP contribution in [-0.4, -0.2) is 31.6 Å². The molecule has 3 heteroatoms. The van der Waals surface area contributed by atoms with Gasteiger partial charge in [0.25, 0.3) is 0 Å². The van der Waals surface area contributed by atoms with Gasteiger partial charge in [0.15, 0.2) is 0 Å². The average Bonchev–Trinajstić information content (AvgIpc) is 2.43. The third kappa shape index (κ3) is 4.31. The molecule has 0 radical (unpaired) electrons. The van der Waals surface area contributed by atoms with Crippen molar-refractivity contribution in [1.82, 2.24) is 10.2 Å². The summed E-state index contributed by atoms with van der Waals surface area (Å²) in [4.78, 5) is 2.44. The number of piperidine rings is 1. The summed E-state index contributed by atoms with van der Waals surface area (Å²) >= 11 is 3.57. The highest BCUT2D eigenvalue weighted by atomic mass is 79.9. The number of halogens is 1. The molecule has 0 saturated carbocycles. The van der Waals surface area contributed by atoms with Gasteiger partial charge in [0.05, 0.1) is 0 Å². The Hall–Kier alpha value is -0.380. The molecular weight excluding hydrogens is 312 g/mol. The van der Waals surface area contributed by atoms with Gasteiger partial charge in [-0.2, -0.15) is 0 Å². The molecule has 0 aliphatic carbocycles. The summed E-state index contributed by atoms with van der Waals surface area (Å²) in [6.07, 6.45) is 3.73. The van der Waals surface area contributed by atoms with Crippen LogP contribution < -0.4 is 5.32 Å². The Kier molecular flexibility index (Phi) is 5.65. The Morgan fingerprint density at radius 2 is 2.05 bits per heavy atom. The van der Waals surface area contributed by atoms with Crippen LogP contribution in [0.5, 0.6) is 0 Å². The molecule has 0 aromatic heterocycles. The summed E-state index contributed by atoms with van der Waals surface area (Å²) in [5, 5.41) is 3.80. The van der Waals surface area contributed by atoms with Gasteiger partial charge in [0.1, 0.15) is 0 Å². The van der Waals surface area contributed by atoms with E-state index in [0.29, 0.717) is 11.5 Å². The first-order chi connectivity index (χ1) is 9.52. The molecule has 1 heterocycles. The van der Waals surface area contributed by atoms with Gasteiger partial charge in [0.2, 0.25) is 0 Å². The van der Waals surface area contributed by atoms with Gasteiger partial charge in [-0.3, -0.25) is 0 Å². The molecule has 1 aliphatic heterocycles. The Morgan fingerprint density at radius 3 is 2.65 bits per heavy atom. The predicted molar refractivity (Wildman–Crippen MR) is 90.0 cm³/mol. The van der Waals surface area contributed by atoms with E-state index in [2.05, 4.69) is 71.3 Å². The van der Waals surface area contributed by atoms with Gasteiger partial charge in [-0.1, -0.05) is 41.9 Å². The molecule has 1 aromatic rings. The molecule has 1 unspecified atom stereocenters. The van der Waals surface area contributed by atoms with Crippen LogP contribution >= 0.6 is 15.9 Å². The monoisotopic (exact) mass is 338 g/mol. The highest BCUT2D eigenvalue weighted by Gasteiger charge is 2.29. The number of nitrogens with one attached hydrogen (secondary N) is 1. The molecule has 1 atom stereocenters. The van der Waals surface area contributed by atoms with Crippen LogP contribution in [0, 0.1) is 5.41 Å². The van der Waals surface area contributed by atoms with Crippen molar-refractivity contribution in [3.63, 3.8) is 0 Å². The molecule has 0 bridgehead atoms. The molecule has 2 nitrogen and oxygen atoms in total. The SMILES string of the molecule is CCC(NCC1(C)CCN(C)CC1)c1cccc(Br)c1. The lowest BCUT2D eigenvalue weighted by Crippen LogP contribution is -2.42. The van der Waals surface area contributed by atoms with Crippen LogP contribution in [-0.2, 0) is 0 Å². The average molecular weight is 339 g/mol. The van der Waals surface area contributed by atoms with Gasteiger partial charge in [0, 0.05) is 17.1 Å². The van der Waals surface area contributed by atoms with E-state index >= 15 is 0 Å². The first-order valence-corrected chi connectivity index (χ1v) is 8.49. The number of benzene rings is 1.